The Hall–Kier alpha value is -3.78. The lowest BCUT2D eigenvalue weighted by Gasteiger charge is -2.41. The molecule has 0 N–H and O–H groups in total. The predicted molar refractivity (Wildman–Crippen MR) is 206 cm³/mol. The molecule has 0 saturated carbocycles. The molecule has 2 aliphatic heterocycles. The van der Waals surface area contributed by atoms with Crippen LogP contribution in [0.1, 0.15) is 102 Å². The zero-order valence-corrected chi connectivity index (χ0v) is 29.2. The second kappa shape index (κ2) is 15.6. The number of benzene rings is 1. The molecule has 0 spiro atoms. The average molecular weight is 635 g/mol. The fraction of sp³-hybridized carbons (Fsp3) is 0.435. The summed E-state index contributed by atoms with van der Waals surface area (Å²) in [6.45, 7) is 4.81. The molecular weight excluding hydrogens is 581 g/mol. The molecule has 248 valence electrons. The lowest BCUT2D eigenvalue weighted by atomic mass is 9.66. The van der Waals surface area contributed by atoms with E-state index in [2.05, 4.69) is 129 Å². The zero-order chi connectivity index (χ0) is 32.7. The summed E-state index contributed by atoms with van der Waals surface area (Å²) in [5.74, 6) is 2.70. The summed E-state index contributed by atoms with van der Waals surface area (Å²) in [6.07, 6.45) is 47.7. The Morgan fingerprint density at radius 2 is 1.67 bits per heavy atom. The number of hydrogen-bond acceptors (Lipinski definition) is 2. The molecule has 7 atom stereocenters. The molecule has 0 bridgehead atoms. The first-order valence-corrected chi connectivity index (χ1v) is 19.0. The quantitative estimate of drug-likeness (QED) is 0.278. The molecule has 48 heavy (non-hydrogen) atoms. The number of hydrogen-bond donors (Lipinski definition) is 0. The molecule has 0 aromatic heterocycles. The zero-order valence-electron chi connectivity index (χ0n) is 29.2. The van der Waals surface area contributed by atoms with Gasteiger partial charge < -0.3 is 0 Å². The number of allylic oxidation sites excluding steroid dienone is 15. The minimum absolute atomic E-state index is 0.279. The molecular formula is C46H54N2. The lowest BCUT2D eigenvalue weighted by Crippen LogP contribution is -2.36. The molecule has 2 heteroatoms. The molecule has 6 aliphatic rings. The van der Waals surface area contributed by atoms with Crippen molar-refractivity contribution in [2.24, 2.45) is 39.6 Å². The van der Waals surface area contributed by atoms with Gasteiger partial charge in [0.15, 0.2) is 0 Å². The number of nitrogens with zero attached hydrogens (tertiary/aromatic N) is 2. The van der Waals surface area contributed by atoms with Crippen molar-refractivity contribution in [1.82, 2.24) is 0 Å². The van der Waals surface area contributed by atoms with E-state index in [0.717, 1.165) is 51.4 Å². The summed E-state index contributed by atoms with van der Waals surface area (Å²) in [4.78, 5) is 10.7. The maximum atomic E-state index is 5.53. The molecule has 0 fully saturated rings. The molecule has 7 rings (SSSR count). The van der Waals surface area contributed by atoms with Crippen molar-refractivity contribution in [3.63, 3.8) is 0 Å². The highest BCUT2D eigenvalue weighted by Crippen LogP contribution is 2.45. The van der Waals surface area contributed by atoms with Gasteiger partial charge >= 0.3 is 0 Å². The van der Waals surface area contributed by atoms with Gasteiger partial charge in [-0.05, 0) is 123 Å². The van der Waals surface area contributed by atoms with Crippen LogP contribution in [-0.2, 0) is 0 Å². The van der Waals surface area contributed by atoms with Crippen LogP contribution in [0.15, 0.2) is 142 Å². The summed E-state index contributed by atoms with van der Waals surface area (Å²) in [6, 6.07) is 9.89. The summed E-state index contributed by atoms with van der Waals surface area (Å²) in [5.41, 5.74) is 9.72. The van der Waals surface area contributed by atoms with Crippen LogP contribution in [-0.4, -0.2) is 18.0 Å². The van der Waals surface area contributed by atoms with Crippen LogP contribution in [0.2, 0.25) is 0 Å². The summed E-state index contributed by atoms with van der Waals surface area (Å²) < 4.78 is 0. The molecule has 7 unspecified atom stereocenters. The summed E-state index contributed by atoms with van der Waals surface area (Å²) >= 11 is 0. The van der Waals surface area contributed by atoms with Crippen molar-refractivity contribution in [2.45, 2.75) is 96.4 Å². The maximum absolute atomic E-state index is 5.53. The highest BCUT2D eigenvalue weighted by molar-refractivity contribution is 6.01. The second-order valence-corrected chi connectivity index (χ2v) is 14.9. The topological polar surface area (TPSA) is 24.7 Å². The van der Waals surface area contributed by atoms with Gasteiger partial charge in [-0.1, -0.05) is 123 Å². The van der Waals surface area contributed by atoms with Gasteiger partial charge in [0, 0.05) is 29.5 Å². The fourth-order valence-electron chi connectivity index (χ4n) is 9.03. The first-order chi connectivity index (χ1) is 23.7. The fourth-order valence-corrected chi connectivity index (χ4v) is 9.03. The van der Waals surface area contributed by atoms with Gasteiger partial charge in [-0.2, -0.15) is 0 Å². The monoisotopic (exact) mass is 634 g/mol. The molecule has 1 aromatic carbocycles. The van der Waals surface area contributed by atoms with Crippen molar-refractivity contribution in [3.8, 4) is 0 Å². The van der Waals surface area contributed by atoms with E-state index in [1.165, 1.54) is 52.9 Å². The summed E-state index contributed by atoms with van der Waals surface area (Å²) in [5, 5.41) is 0. The van der Waals surface area contributed by atoms with E-state index in [9.17, 15) is 0 Å². The number of aliphatic imine (C=N–C) groups is 2. The Bertz CT molecular complexity index is 1650. The van der Waals surface area contributed by atoms with Crippen LogP contribution < -0.4 is 0 Å². The SMILES string of the molecule is CC1C/C=C(C2C=CCCC2)/N=C(/c2ccc(C3C(C)C=CCC3C3N=CC=CC3C3=CC=CCC3)cc2)CC/C=C\1C1=CCCC=C1. The average Bonchev–Trinajstić information content (AvgIpc) is 3.15. The maximum Gasteiger partial charge on any atom is 0.0636 e. The van der Waals surface area contributed by atoms with Gasteiger partial charge in [-0.25, -0.2) is 0 Å². The van der Waals surface area contributed by atoms with Crippen molar-refractivity contribution >= 4 is 11.9 Å². The predicted octanol–water partition coefficient (Wildman–Crippen LogP) is 11.9. The van der Waals surface area contributed by atoms with Crippen LogP contribution in [0.3, 0.4) is 0 Å². The minimum Gasteiger partial charge on any atom is -0.289 e. The summed E-state index contributed by atoms with van der Waals surface area (Å²) in [7, 11) is 0. The Morgan fingerprint density at radius 3 is 2.46 bits per heavy atom. The van der Waals surface area contributed by atoms with Gasteiger partial charge in [-0.15, -0.1) is 0 Å². The van der Waals surface area contributed by atoms with E-state index in [4.69, 9.17) is 9.98 Å². The minimum atomic E-state index is 0.279. The number of rotatable bonds is 6. The normalized spacial score (nSPS) is 35.5. The van der Waals surface area contributed by atoms with E-state index in [-0.39, 0.29) is 6.04 Å². The first kappa shape index (κ1) is 32.8. The highest BCUT2D eigenvalue weighted by Gasteiger charge is 2.39. The van der Waals surface area contributed by atoms with Crippen molar-refractivity contribution in [3.05, 3.63) is 143 Å². The lowest BCUT2D eigenvalue weighted by molar-refractivity contribution is 0.269. The van der Waals surface area contributed by atoms with Gasteiger partial charge in [0.25, 0.3) is 0 Å². The Kier molecular flexibility index (Phi) is 10.7. The number of dihydropyridines is 1. The third kappa shape index (κ3) is 7.44. The van der Waals surface area contributed by atoms with E-state index < -0.39 is 0 Å². The Morgan fingerprint density at radius 1 is 0.750 bits per heavy atom. The van der Waals surface area contributed by atoms with Gasteiger partial charge in [0.05, 0.1) is 6.04 Å². The molecule has 4 aliphatic carbocycles. The molecule has 0 saturated heterocycles. The largest absolute Gasteiger partial charge is 0.289 e. The third-order valence-electron chi connectivity index (χ3n) is 11.6. The van der Waals surface area contributed by atoms with Gasteiger partial charge in [0.1, 0.15) is 0 Å². The standard InChI is InChI=1S/C46H54N2/c1-33-26-31-44(37-20-10-5-11-21-37)48-43(25-13-22-40(33)35-16-6-3-7-17-35)38-27-29-39(30-28-38)45-34(2)15-12-23-42(45)46-41(24-14-32-47-46)36-18-8-4-9-19-36/h4,6,8,10,12,14-18,20,22,24,27-34,37,41-42,45-46H,3,5,7,9,11,13,19,21,23,25-26H2,1-2H3/b40-22+,44-31+,48-43+. The van der Waals surface area contributed by atoms with E-state index >= 15 is 0 Å². The van der Waals surface area contributed by atoms with Crippen LogP contribution >= 0.6 is 0 Å². The first-order valence-electron chi connectivity index (χ1n) is 19.0. The van der Waals surface area contributed by atoms with Crippen molar-refractivity contribution in [2.75, 3.05) is 0 Å². The van der Waals surface area contributed by atoms with Gasteiger partial charge in [-0.3, -0.25) is 9.98 Å². The Labute approximate surface area is 290 Å². The van der Waals surface area contributed by atoms with Crippen molar-refractivity contribution < 1.29 is 0 Å². The molecule has 1 aromatic rings. The third-order valence-corrected chi connectivity index (χ3v) is 11.6. The molecule has 0 amide bonds. The van der Waals surface area contributed by atoms with E-state index in [1.807, 2.05) is 0 Å². The van der Waals surface area contributed by atoms with Gasteiger partial charge in [0.2, 0.25) is 0 Å². The van der Waals surface area contributed by atoms with E-state index in [1.54, 1.807) is 5.57 Å². The van der Waals surface area contributed by atoms with Crippen LogP contribution in [0.5, 0.6) is 0 Å². The Balaban J connectivity index is 1.19. The molecule has 2 nitrogen and oxygen atoms in total. The van der Waals surface area contributed by atoms with Crippen LogP contribution in [0.4, 0.5) is 0 Å². The molecule has 0 radical (unpaired) electrons. The smallest absolute Gasteiger partial charge is 0.0636 e. The van der Waals surface area contributed by atoms with Crippen LogP contribution in [0, 0.1) is 29.6 Å². The van der Waals surface area contributed by atoms with Crippen LogP contribution in [0.25, 0.3) is 0 Å². The highest BCUT2D eigenvalue weighted by atomic mass is 14.8. The second-order valence-electron chi connectivity index (χ2n) is 14.9. The van der Waals surface area contributed by atoms with Crippen molar-refractivity contribution in [1.29, 1.82) is 0 Å². The van der Waals surface area contributed by atoms with E-state index in [0.29, 0.717) is 35.5 Å². The molecule has 2 heterocycles.